The third-order valence-electron chi connectivity index (χ3n) is 5.40. The highest BCUT2D eigenvalue weighted by molar-refractivity contribution is 7.99. The van der Waals surface area contributed by atoms with E-state index in [1.165, 1.54) is 36.0 Å². The van der Waals surface area contributed by atoms with Crippen molar-refractivity contribution in [2.24, 2.45) is 7.05 Å². The molecule has 8 heteroatoms. The van der Waals surface area contributed by atoms with E-state index in [0.29, 0.717) is 23.1 Å². The number of hydrogen-bond acceptors (Lipinski definition) is 4. The zero-order valence-electron chi connectivity index (χ0n) is 18.0. The van der Waals surface area contributed by atoms with Crippen LogP contribution in [-0.4, -0.2) is 30.9 Å². The summed E-state index contributed by atoms with van der Waals surface area (Å²) in [6.07, 6.45) is 0. The summed E-state index contributed by atoms with van der Waals surface area (Å²) in [6.45, 7) is 4.45. The highest BCUT2D eigenvalue weighted by atomic mass is 32.2. The number of ketones is 1. The van der Waals surface area contributed by atoms with Gasteiger partial charge in [0.15, 0.2) is 16.8 Å². The molecule has 0 N–H and O–H groups in total. The predicted octanol–water partition coefficient (Wildman–Crippen LogP) is 5.20. The second kappa shape index (κ2) is 9.08. The van der Waals surface area contributed by atoms with Crippen LogP contribution in [-0.2, 0) is 13.6 Å². The van der Waals surface area contributed by atoms with Gasteiger partial charge < -0.3 is 9.13 Å². The Balaban J connectivity index is 1.47. The SMILES string of the molecule is Cc1cc(C(=O)CSc2nnc(-c3ccc(F)cc3)n2C)c(C)n1Cc1ccc(F)cc1. The van der Waals surface area contributed by atoms with Gasteiger partial charge in [-0.15, -0.1) is 10.2 Å². The molecule has 2 aromatic carbocycles. The molecule has 0 spiro atoms. The molecule has 5 nitrogen and oxygen atoms in total. The molecule has 0 aliphatic carbocycles. The van der Waals surface area contributed by atoms with E-state index in [2.05, 4.69) is 14.8 Å². The van der Waals surface area contributed by atoms with E-state index < -0.39 is 0 Å². The van der Waals surface area contributed by atoms with E-state index in [4.69, 9.17) is 0 Å². The summed E-state index contributed by atoms with van der Waals surface area (Å²) in [6, 6.07) is 14.3. The summed E-state index contributed by atoms with van der Waals surface area (Å²) in [7, 11) is 1.82. The number of halogens is 2. The number of rotatable bonds is 7. The molecule has 0 aliphatic heterocycles. The van der Waals surface area contributed by atoms with Gasteiger partial charge in [0.05, 0.1) is 5.75 Å². The molecule has 4 aromatic rings. The van der Waals surface area contributed by atoms with E-state index in [0.717, 1.165) is 22.5 Å². The average Bonchev–Trinajstić information content (AvgIpc) is 3.28. The van der Waals surface area contributed by atoms with Crippen molar-refractivity contribution in [1.29, 1.82) is 0 Å². The molecule has 164 valence electrons. The fourth-order valence-corrected chi connectivity index (χ4v) is 4.39. The summed E-state index contributed by atoms with van der Waals surface area (Å²) in [5, 5.41) is 8.97. The van der Waals surface area contributed by atoms with Gasteiger partial charge in [0.1, 0.15) is 11.6 Å². The highest BCUT2D eigenvalue weighted by Gasteiger charge is 2.18. The van der Waals surface area contributed by atoms with Crippen LogP contribution in [0.4, 0.5) is 8.78 Å². The van der Waals surface area contributed by atoms with Gasteiger partial charge >= 0.3 is 0 Å². The Bertz CT molecular complexity index is 1260. The lowest BCUT2D eigenvalue weighted by Gasteiger charge is -2.10. The number of Topliss-reactive ketones (excluding diaryl/α,β-unsaturated/α-hetero) is 1. The van der Waals surface area contributed by atoms with Gasteiger partial charge in [-0.2, -0.15) is 0 Å². The van der Waals surface area contributed by atoms with Crippen molar-refractivity contribution in [2.45, 2.75) is 25.5 Å². The van der Waals surface area contributed by atoms with Crippen molar-refractivity contribution < 1.29 is 13.6 Å². The molecule has 32 heavy (non-hydrogen) atoms. The number of aryl methyl sites for hydroxylation is 1. The largest absolute Gasteiger partial charge is 0.344 e. The maximum absolute atomic E-state index is 13.2. The van der Waals surface area contributed by atoms with E-state index >= 15 is 0 Å². The van der Waals surface area contributed by atoms with Crippen LogP contribution >= 0.6 is 11.8 Å². The Kier molecular flexibility index (Phi) is 6.23. The number of thioether (sulfide) groups is 1. The third kappa shape index (κ3) is 4.50. The molecule has 0 radical (unpaired) electrons. The first-order valence-corrected chi connectivity index (χ1v) is 11.0. The minimum absolute atomic E-state index is 0.000196. The third-order valence-corrected chi connectivity index (χ3v) is 6.42. The molecular formula is C24H22F2N4OS. The Morgan fingerprint density at radius 3 is 2.25 bits per heavy atom. The molecule has 0 aliphatic rings. The summed E-state index contributed by atoms with van der Waals surface area (Å²) < 4.78 is 30.2. The van der Waals surface area contributed by atoms with Gasteiger partial charge in [0.25, 0.3) is 0 Å². The molecule has 0 amide bonds. The van der Waals surface area contributed by atoms with Gasteiger partial charge in [0, 0.05) is 36.1 Å². The second-order valence-corrected chi connectivity index (χ2v) is 8.52. The Morgan fingerprint density at radius 2 is 1.59 bits per heavy atom. The van der Waals surface area contributed by atoms with E-state index in [1.807, 2.05) is 27.0 Å². The standard InChI is InChI=1S/C24H22F2N4OS/c1-15-12-21(16(2)30(15)13-17-4-8-19(25)9-5-17)22(31)14-32-24-28-27-23(29(24)3)18-6-10-20(26)11-7-18/h4-12H,13-14H2,1-3H3. The quantitative estimate of drug-likeness (QED) is 0.286. The Morgan fingerprint density at radius 1 is 0.969 bits per heavy atom. The minimum Gasteiger partial charge on any atom is -0.344 e. The number of hydrogen-bond donors (Lipinski definition) is 0. The first kappa shape index (κ1) is 22.0. The molecule has 0 saturated heterocycles. The van der Waals surface area contributed by atoms with Crippen LogP contribution in [0.15, 0.2) is 59.8 Å². The second-order valence-electron chi connectivity index (χ2n) is 7.58. The molecule has 2 heterocycles. The highest BCUT2D eigenvalue weighted by Crippen LogP contribution is 2.25. The molecule has 0 atom stereocenters. The fraction of sp³-hybridized carbons (Fsp3) is 0.208. The number of nitrogens with zero attached hydrogens (tertiary/aromatic N) is 4. The molecule has 4 rings (SSSR count). The van der Waals surface area contributed by atoms with Gasteiger partial charge in [-0.05, 0) is 61.9 Å². The van der Waals surface area contributed by atoms with E-state index in [1.54, 1.807) is 28.8 Å². The van der Waals surface area contributed by atoms with Crippen LogP contribution < -0.4 is 0 Å². The number of carbonyl (C=O) groups is 1. The first-order chi connectivity index (χ1) is 15.3. The molecule has 0 fully saturated rings. The normalized spacial score (nSPS) is 11.2. The van der Waals surface area contributed by atoms with Gasteiger partial charge in [0.2, 0.25) is 0 Å². The summed E-state index contributed by atoms with van der Waals surface area (Å²) in [5.74, 6) is 0.246. The van der Waals surface area contributed by atoms with Crippen LogP contribution in [0.2, 0.25) is 0 Å². The Labute approximate surface area is 189 Å². The lowest BCUT2D eigenvalue weighted by molar-refractivity contribution is 0.102. The molecule has 0 unspecified atom stereocenters. The van der Waals surface area contributed by atoms with Gasteiger partial charge in [-0.1, -0.05) is 23.9 Å². The maximum Gasteiger partial charge on any atom is 0.191 e. The van der Waals surface area contributed by atoms with Crippen molar-refractivity contribution >= 4 is 17.5 Å². The van der Waals surface area contributed by atoms with Crippen molar-refractivity contribution in [1.82, 2.24) is 19.3 Å². The number of carbonyl (C=O) groups excluding carboxylic acids is 1. The van der Waals surface area contributed by atoms with Crippen LogP contribution in [0.1, 0.15) is 27.3 Å². The molecule has 0 bridgehead atoms. The number of benzene rings is 2. The first-order valence-electron chi connectivity index (χ1n) is 10.1. The number of aromatic nitrogens is 4. The molecule has 2 aromatic heterocycles. The van der Waals surface area contributed by atoms with Gasteiger partial charge in [-0.3, -0.25) is 4.79 Å². The van der Waals surface area contributed by atoms with Crippen molar-refractivity contribution in [3.05, 3.63) is 88.7 Å². The predicted molar refractivity (Wildman–Crippen MR) is 121 cm³/mol. The van der Waals surface area contributed by atoms with Crippen LogP contribution in [0.3, 0.4) is 0 Å². The Hall–Kier alpha value is -3.26. The molecule has 0 saturated carbocycles. The van der Waals surface area contributed by atoms with E-state index in [-0.39, 0.29) is 23.2 Å². The van der Waals surface area contributed by atoms with Crippen LogP contribution in [0.25, 0.3) is 11.4 Å². The lowest BCUT2D eigenvalue weighted by Crippen LogP contribution is -2.08. The summed E-state index contributed by atoms with van der Waals surface area (Å²) in [4.78, 5) is 12.9. The smallest absolute Gasteiger partial charge is 0.191 e. The monoisotopic (exact) mass is 452 g/mol. The fourth-order valence-electron chi connectivity index (χ4n) is 3.60. The van der Waals surface area contributed by atoms with E-state index in [9.17, 15) is 13.6 Å². The topological polar surface area (TPSA) is 52.7 Å². The zero-order chi connectivity index (χ0) is 22.8. The van der Waals surface area contributed by atoms with Crippen LogP contribution in [0, 0.1) is 25.5 Å². The van der Waals surface area contributed by atoms with Crippen molar-refractivity contribution in [3.8, 4) is 11.4 Å². The van der Waals surface area contributed by atoms with Gasteiger partial charge in [-0.25, -0.2) is 8.78 Å². The lowest BCUT2D eigenvalue weighted by atomic mass is 10.2. The maximum atomic E-state index is 13.2. The van der Waals surface area contributed by atoms with Crippen LogP contribution in [0.5, 0.6) is 0 Å². The average molecular weight is 453 g/mol. The summed E-state index contributed by atoms with van der Waals surface area (Å²) >= 11 is 1.31. The zero-order valence-corrected chi connectivity index (χ0v) is 18.8. The molecular weight excluding hydrogens is 430 g/mol. The van der Waals surface area contributed by atoms with Crippen molar-refractivity contribution in [2.75, 3.05) is 5.75 Å². The minimum atomic E-state index is -0.312. The summed E-state index contributed by atoms with van der Waals surface area (Å²) in [5.41, 5.74) is 4.23. The van der Waals surface area contributed by atoms with Crippen molar-refractivity contribution in [3.63, 3.8) is 0 Å².